The molecule has 0 saturated carbocycles. The van der Waals surface area contributed by atoms with Gasteiger partial charge in [-0.2, -0.15) is 0 Å². The Morgan fingerprint density at radius 2 is 0.911 bits per heavy atom. The minimum Gasteiger partial charge on any atom is -0.377 e. The van der Waals surface area contributed by atoms with Crippen LogP contribution in [0.3, 0.4) is 0 Å². The number of fused-ring (bicyclic) bond motifs is 8. The second-order valence-corrected chi connectivity index (χ2v) is 13.9. The third-order valence-corrected chi connectivity index (χ3v) is 10.2. The molecule has 2 N–H and O–H groups in total. The Morgan fingerprint density at radius 1 is 0.536 bits per heavy atom. The van der Waals surface area contributed by atoms with E-state index in [2.05, 4.69) is 44.1 Å². The lowest BCUT2D eigenvalue weighted by atomic mass is 10.0. The van der Waals surface area contributed by atoms with Gasteiger partial charge < -0.3 is 19.8 Å². The molecule has 4 aliphatic rings. The van der Waals surface area contributed by atoms with Crippen molar-refractivity contribution < 1.29 is 9.85 Å². The van der Waals surface area contributed by atoms with E-state index in [9.17, 15) is 20.2 Å². The molecule has 274 valence electrons. The van der Waals surface area contributed by atoms with Crippen LogP contribution in [0.15, 0.2) is 110 Å². The van der Waals surface area contributed by atoms with Gasteiger partial charge in [-0.15, -0.1) is 0 Å². The highest BCUT2D eigenvalue weighted by atomic mass is 16.6. The van der Waals surface area contributed by atoms with Gasteiger partial charge in [-0.3, -0.25) is 20.2 Å². The summed E-state index contributed by atoms with van der Waals surface area (Å²) in [6.07, 6.45) is 20.4. The van der Waals surface area contributed by atoms with E-state index in [4.69, 9.17) is 9.97 Å². The van der Waals surface area contributed by atoms with Crippen molar-refractivity contribution in [3.05, 3.63) is 164 Å². The van der Waals surface area contributed by atoms with Crippen LogP contribution in [0.1, 0.15) is 33.9 Å². The molecule has 12 heteroatoms. The zero-order valence-electron chi connectivity index (χ0n) is 30.4. The largest absolute Gasteiger partial charge is 0.377 e. The number of nitrogens with one attached hydrogen (secondary N) is 2. The molecule has 0 atom stereocenters. The lowest BCUT2D eigenvalue weighted by molar-refractivity contribution is -0.385. The van der Waals surface area contributed by atoms with Crippen molar-refractivity contribution in [2.45, 2.75) is 0 Å². The molecule has 8 bridgehead atoms. The molecule has 0 unspecified atom stereocenters. The first-order valence-corrected chi connectivity index (χ1v) is 18.0. The zero-order valence-corrected chi connectivity index (χ0v) is 30.4. The lowest BCUT2D eigenvalue weighted by Crippen LogP contribution is -2.13. The molecule has 56 heavy (non-hydrogen) atoms. The number of rotatable bonds is 6. The van der Waals surface area contributed by atoms with Crippen LogP contribution in [0.25, 0.3) is 79.8 Å². The molecule has 0 aliphatic carbocycles. The molecule has 12 nitrogen and oxygen atoms in total. The van der Waals surface area contributed by atoms with Gasteiger partial charge in [0.2, 0.25) is 0 Å². The van der Waals surface area contributed by atoms with Crippen molar-refractivity contribution >= 4 is 68.9 Å². The molecule has 2 aromatic carbocycles. The Bertz CT molecular complexity index is 2680. The number of nitro groups is 2. The number of aromatic nitrogens is 4. The highest BCUT2D eigenvalue weighted by molar-refractivity contribution is 5.99. The monoisotopic (exact) mass is 738 g/mol. The SMILES string of the molecule is CN1C=CC(c2c3nc(c(C4=CCN(C)C=C4)c4ccc([nH]4)c(-c4cccc([N+](=O)[O-])c4)c4nc(c(-c5cccc([N+](=O)[O-])c5)c5ccc2[nH]5)C=C4)C=C3)=CC1. The number of aromatic amines is 2. The van der Waals surface area contributed by atoms with E-state index in [1.165, 1.54) is 12.1 Å². The number of nitro benzene ring substituents is 2. The second kappa shape index (κ2) is 13.7. The summed E-state index contributed by atoms with van der Waals surface area (Å²) in [5.74, 6) is 0. The average molecular weight is 739 g/mol. The quantitative estimate of drug-likeness (QED) is 0.127. The van der Waals surface area contributed by atoms with Crippen LogP contribution in [-0.2, 0) is 0 Å². The van der Waals surface area contributed by atoms with Crippen molar-refractivity contribution in [1.29, 1.82) is 0 Å². The molecule has 3 aromatic heterocycles. The number of H-pyrrole nitrogens is 2. The summed E-state index contributed by atoms with van der Waals surface area (Å²) in [5, 5.41) is 24.0. The Labute approximate surface area is 320 Å². The minimum atomic E-state index is -0.410. The molecule has 9 rings (SSSR count). The molecule has 7 heterocycles. The third kappa shape index (κ3) is 6.18. The van der Waals surface area contributed by atoms with Gasteiger partial charge in [0.25, 0.3) is 11.4 Å². The Kier molecular flexibility index (Phi) is 8.35. The van der Waals surface area contributed by atoms with E-state index in [0.717, 1.165) is 57.8 Å². The number of hydrogen-bond donors (Lipinski definition) is 2. The summed E-state index contributed by atoms with van der Waals surface area (Å²) >= 11 is 0. The summed E-state index contributed by atoms with van der Waals surface area (Å²) in [5.41, 5.74) is 12.0. The predicted octanol–water partition coefficient (Wildman–Crippen LogP) is 9.49. The van der Waals surface area contributed by atoms with Crippen LogP contribution in [0, 0.1) is 20.2 Å². The fraction of sp³-hybridized carbons (Fsp3) is 0.0909. The smallest absolute Gasteiger partial charge is 0.270 e. The van der Waals surface area contributed by atoms with Crippen molar-refractivity contribution in [1.82, 2.24) is 29.7 Å². The number of allylic oxidation sites excluding steroid dienone is 4. The van der Waals surface area contributed by atoms with Gasteiger partial charge in [-0.25, -0.2) is 9.97 Å². The van der Waals surface area contributed by atoms with Gasteiger partial charge in [0, 0.05) is 95.8 Å². The fourth-order valence-corrected chi connectivity index (χ4v) is 7.50. The first kappa shape index (κ1) is 34.2. The van der Waals surface area contributed by atoms with Crippen LogP contribution in [0.5, 0.6) is 0 Å². The molecule has 0 spiro atoms. The Morgan fingerprint density at radius 3 is 1.27 bits per heavy atom. The van der Waals surface area contributed by atoms with E-state index < -0.39 is 9.85 Å². The zero-order chi connectivity index (χ0) is 38.5. The fourth-order valence-electron chi connectivity index (χ4n) is 7.50. The van der Waals surface area contributed by atoms with Gasteiger partial charge in [0.05, 0.1) is 32.6 Å². The summed E-state index contributed by atoms with van der Waals surface area (Å²) in [4.78, 5) is 45.2. The van der Waals surface area contributed by atoms with Gasteiger partial charge in [-0.05, 0) is 95.4 Å². The number of hydrogen-bond acceptors (Lipinski definition) is 8. The van der Waals surface area contributed by atoms with Crippen LogP contribution in [0.4, 0.5) is 11.4 Å². The maximum absolute atomic E-state index is 12.0. The van der Waals surface area contributed by atoms with E-state index >= 15 is 0 Å². The van der Waals surface area contributed by atoms with Crippen molar-refractivity contribution in [3.63, 3.8) is 0 Å². The van der Waals surface area contributed by atoms with Gasteiger partial charge in [0.15, 0.2) is 0 Å². The number of nitrogens with zero attached hydrogens (tertiary/aromatic N) is 6. The predicted molar refractivity (Wildman–Crippen MR) is 223 cm³/mol. The molecular weight excluding hydrogens is 705 g/mol. The normalized spacial score (nSPS) is 14.6. The third-order valence-electron chi connectivity index (χ3n) is 10.2. The summed E-state index contributed by atoms with van der Waals surface area (Å²) in [6.45, 7) is 1.44. The molecular formula is C44H34N8O4. The van der Waals surface area contributed by atoms with Gasteiger partial charge in [-0.1, -0.05) is 36.4 Å². The Balaban J connectivity index is 1.45. The average Bonchev–Trinajstić information content (AvgIpc) is 4.04. The topological polar surface area (TPSA) is 150 Å². The van der Waals surface area contributed by atoms with Crippen LogP contribution < -0.4 is 0 Å². The summed E-state index contributed by atoms with van der Waals surface area (Å²) in [6, 6.07) is 21.0. The standard InChI is InChI=1S/C44H34N8O4/c1-49-21-17-27(18-22-49)41-33-9-10-34(45-33)42(28-19-23-50(2)24-20-28)36-12-14-38(47-36)44(30-6-4-8-32(26-30)52(55)56)40-16-15-39(48-40)43(37-13-11-35(41)46-37)29-5-3-7-31(25-29)51(53)54/h3-21,23,25-26,46-47H,22,24H2,1-2H3. The molecule has 5 aromatic rings. The van der Waals surface area contributed by atoms with Crippen LogP contribution in [0.2, 0.25) is 0 Å². The lowest BCUT2D eigenvalue weighted by Gasteiger charge is -2.18. The number of benzene rings is 2. The highest BCUT2D eigenvalue weighted by Gasteiger charge is 2.21. The van der Waals surface area contributed by atoms with Gasteiger partial charge in [0.1, 0.15) is 0 Å². The molecule has 0 amide bonds. The van der Waals surface area contributed by atoms with Crippen LogP contribution >= 0.6 is 0 Å². The van der Waals surface area contributed by atoms with Crippen LogP contribution in [-0.4, -0.2) is 66.8 Å². The highest BCUT2D eigenvalue weighted by Crippen LogP contribution is 2.38. The summed E-state index contributed by atoms with van der Waals surface area (Å²) < 4.78 is 0. The van der Waals surface area contributed by atoms with E-state index in [0.29, 0.717) is 44.7 Å². The Hall–Kier alpha value is -7.60. The van der Waals surface area contributed by atoms with E-state index in [1.807, 2.05) is 87.2 Å². The van der Waals surface area contributed by atoms with Gasteiger partial charge >= 0.3 is 0 Å². The molecule has 0 radical (unpaired) electrons. The van der Waals surface area contributed by atoms with E-state index in [-0.39, 0.29) is 11.4 Å². The minimum absolute atomic E-state index is 0.0486. The maximum atomic E-state index is 12.0. The molecule has 0 fully saturated rings. The van der Waals surface area contributed by atoms with Crippen molar-refractivity contribution in [2.75, 3.05) is 27.2 Å². The van der Waals surface area contributed by atoms with Crippen molar-refractivity contribution in [2.24, 2.45) is 0 Å². The molecule has 0 saturated heterocycles. The van der Waals surface area contributed by atoms with Crippen molar-refractivity contribution in [3.8, 4) is 22.3 Å². The number of non-ortho nitro benzene ring substituents is 2. The first-order valence-electron chi connectivity index (χ1n) is 18.0. The molecule has 4 aliphatic heterocycles. The maximum Gasteiger partial charge on any atom is 0.270 e. The summed E-state index contributed by atoms with van der Waals surface area (Å²) in [7, 11) is 4.05. The first-order chi connectivity index (χ1) is 27.2. The second-order valence-electron chi connectivity index (χ2n) is 13.9. The van der Waals surface area contributed by atoms with E-state index in [1.54, 1.807) is 24.3 Å². The number of likely N-dealkylation sites (N-methyl/N-ethyl adjacent to an activating group) is 2.